The molecule has 4 heterocycles. The third kappa shape index (κ3) is 1.77. The Hall–Kier alpha value is -0.860. The van der Waals surface area contributed by atoms with E-state index in [2.05, 4.69) is 54.8 Å². The normalized spacial score (nSPS) is 47.6. The molecule has 2 nitrogen and oxygen atoms in total. The van der Waals surface area contributed by atoms with Gasteiger partial charge >= 0.3 is 0 Å². The number of hydrogen-bond acceptors (Lipinski definition) is 2. The Morgan fingerprint density at radius 2 is 1.58 bits per heavy atom. The van der Waals surface area contributed by atoms with Gasteiger partial charge in [-0.2, -0.15) is 0 Å². The number of benzene rings is 1. The fourth-order valence-corrected chi connectivity index (χ4v) is 5.26. The average molecular weight is 256 g/mol. The van der Waals surface area contributed by atoms with Gasteiger partial charge in [-0.15, -0.1) is 0 Å². The lowest BCUT2D eigenvalue weighted by Gasteiger charge is -2.66. The molecule has 102 valence electrons. The second-order valence-corrected chi connectivity index (χ2v) is 7.90. The van der Waals surface area contributed by atoms with Gasteiger partial charge in [0.15, 0.2) is 0 Å². The van der Waals surface area contributed by atoms with Crippen LogP contribution in [0.5, 0.6) is 0 Å². The Kier molecular flexibility index (Phi) is 2.27. The van der Waals surface area contributed by atoms with E-state index in [1.807, 2.05) is 0 Å². The zero-order valence-electron chi connectivity index (χ0n) is 12.3. The lowest BCUT2D eigenvalue weighted by molar-refractivity contribution is -0.194. The van der Waals surface area contributed by atoms with Crippen LogP contribution >= 0.6 is 0 Å². The Bertz CT molecular complexity index is 486. The number of aryl methyl sites for hydroxylation is 1. The number of nitrogens with zero attached hydrogens (tertiary/aromatic N) is 2. The molecule has 4 fully saturated rings. The largest absolute Gasteiger partial charge is 0.283 e. The van der Waals surface area contributed by atoms with E-state index in [9.17, 15) is 0 Å². The van der Waals surface area contributed by atoms with Crippen molar-refractivity contribution < 1.29 is 0 Å². The minimum absolute atomic E-state index is 0.519. The summed E-state index contributed by atoms with van der Waals surface area (Å²) in [6, 6.07) is 9.09. The van der Waals surface area contributed by atoms with E-state index in [0.717, 1.165) is 0 Å². The third-order valence-electron chi connectivity index (χ3n) is 5.22. The maximum Gasteiger partial charge on any atom is 0.0887 e. The van der Waals surface area contributed by atoms with Crippen LogP contribution in [0.4, 0.5) is 0 Å². The summed E-state index contributed by atoms with van der Waals surface area (Å²) in [6.07, 6.45) is 1.94. The summed E-state index contributed by atoms with van der Waals surface area (Å²) in [5.41, 5.74) is 3.91. The highest BCUT2D eigenvalue weighted by Crippen LogP contribution is 2.54. The second kappa shape index (κ2) is 3.62. The van der Waals surface area contributed by atoms with Gasteiger partial charge < -0.3 is 0 Å². The summed E-state index contributed by atoms with van der Waals surface area (Å²) < 4.78 is 0. The van der Waals surface area contributed by atoms with Crippen molar-refractivity contribution in [1.82, 2.24) is 9.80 Å². The molecule has 0 atom stereocenters. The number of rotatable bonds is 1. The lowest BCUT2D eigenvalue weighted by atomic mass is 9.63. The van der Waals surface area contributed by atoms with Crippen LogP contribution in [0.25, 0.3) is 0 Å². The van der Waals surface area contributed by atoms with E-state index in [4.69, 9.17) is 0 Å². The first kappa shape index (κ1) is 11.9. The van der Waals surface area contributed by atoms with Crippen molar-refractivity contribution in [3.63, 3.8) is 0 Å². The predicted molar refractivity (Wildman–Crippen MR) is 77.9 cm³/mol. The first-order chi connectivity index (χ1) is 8.96. The van der Waals surface area contributed by atoms with E-state index in [1.54, 1.807) is 0 Å². The van der Waals surface area contributed by atoms with E-state index >= 15 is 0 Å². The van der Waals surface area contributed by atoms with Crippen LogP contribution < -0.4 is 0 Å². The molecule has 1 aromatic carbocycles. The summed E-state index contributed by atoms with van der Waals surface area (Å²) in [5.74, 6) is 0. The summed E-state index contributed by atoms with van der Waals surface area (Å²) in [7, 11) is 0. The van der Waals surface area contributed by atoms with E-state index in [1.165, 1.54) is 43.7 Å². The number of piperidine rings is 2. The van der Waals surface area contributed by atoms with Crippen LogP contribution in [0.3, 0.4) is 0 Å². The van der Waals surface area contributed by atoms with E-state index in [-0.39, 0.29) is 0 Å². The van der Waals surface area contributed by atoms with Gasteiger partial charge in [0.05, 0.1) is 6.17 Å². The highest BCUT2D eigenvalue weighted by Gasteiger charge is 2.56. The molecule has 4 aliphatic heterocycles. The van der Waals surface area contributed by atoms with Gasteiger partial charge in [-0.3, -0.25) is 9.80 Å². The van der Waals surface area contributed by atoms with E-state index < -0.39 is 0 Å². The van der Waals surface area contributed by atoms with Crippen molar-refractivity contribution in [2.75, 3.05) is 26.2 Å². The topological polar surface area (TPSA) is 6.48 Å². The molecule has 4 bridgehead atoms. The van der Waals surface area contributed by atoms with Crippen LogP contribution in [-0.4, -0.2) is 36.0 Å². The summed E-state index contributed by atoms with van der Waals surface area (Å²) in [6.45, 7) is 12.3. The quantitative estimate of drug-likeness (QED) is 0.762. The molecule has 0 radical (unpaired) electrons. The molecule has 0 unspecified atom stereocenters. The van der Waals surface area contributed by atoms with Gasteiger partial charge in [-0.25, -0.2) is 0 Å². The van der Waals surface area contributed by atoms with Crippen LogP contribution in [0.15, 0.2) is 24.3 Å². The van der Waals surface area contributed by atoms with E-state index in [0.29, 0.717) is 17.0 Å². The molecule has 0 N–H and O–H groups in total. The first-order valence-corrected chi connectivity index (χ1v) is 7.51. The molecule has 19 heavy (non-hydrogen) atoms. The lowest BCUT2D eigenvalue weighted by Crippen LogP contribution is -2.70. The minimum Gasteiger partial charge on any atom is -0.283 e. The molecule has 0 spiro atoms. The standard InChI is InChI=1S/C17H24N2/c1-13-5-4-6-14(7-13)15-18-9-16(2)8-17(3,11-18)12-19(15)10-16/h4-7,15H,8-12H2,1-3H3. The van der Waals surface area contributed by atoms with Gasteiger partial charge in [0.1, 0.15) is 0 Å². The molecule has 5 rings (SSSR count). The summed E-state index contributed by atoms with van der Waals surface area (Å²) in [5, 5.41) is 0. The van der Waals surface area contributed by atoms with Gasteiger partial charge in [-0.1, -0.05) is 43.7 Å². The van der Waals surface area contributed by atoms with Crippen molar-refractivity contribution >= 4 is 0 Å². The van der Waals surface area contributed by atoms with Crippen molar-refractivity contribution in [2.24, 2.45) is 10.8 Å². The second-order valence-electron chi connectivity index (χ2n) is 7.90. The summed E-state index contributed by atoms with van der Waals surface area (Å²) >= 11 is 0. The SMILES string of the molecule is Cc1cccc(C2N3CC4(C)CN2CC(C)(C3)C4)c1. The molecule has 0 aromatic heterocycles. The molecule has 1 aromatic rings. The molecular weight excluding hydrogens is 232 g/mol. The first-order valence-electron chi connectivity index (χ1n) is 7.51. The predicted octanol–water partition coefficient (Wildman–Crippen LogP) is 3.04. The zero-order valence-corrected chi connectivity index (χ0v) is 12.3. The summed E-state index contributed by atoms with van der Waals surface area (Å²) in [4.78, 5) is 5.45. The maximum atomic E-state index is 2.73. The van der Waals surface area contributed by atoms with Crippen LogP contribution in [-0.2, 0) is 0 Å². The van der Waals surface area contributed by atoms with Crippen LogP contribution in [0, 0.1) is 17.8 Å². The molecule has 4 saturated heterocycles. The van der Waals surface area contributed by atoms with Crippen molar-refractivity contribution in [3.8, 4) is 0 Å². The minimum atomic E-state index is 0.519. The maximum absolute atomic E-state index is 2.73. The van der Waals surface area contributed by atoms with Crippen LogP contribution in [0.1, 0.15) is 37.6 Å². The Morgan fingerprint density at radius 3 is 2.11 bits per heavy atom. The van der Waals surface area contributed by atoms with Gasteiger partial charge in [-0.05, 0) is 29.7 Å². The van der Waals surface area contributed by atoms with Gasteiger partial charge in [0, 0.05) is 26.2 Å². The third-order valence-corrected chi connectivity index (χ3v) is 5.22. The fourth-order valence-electron chi connectivity index (χ4n) is 5.26. The molecule has 0 aliphatic carbocycles. The molecule has 4 aliphatic rings. The molecular formula is C17H24N2. The Balaban J connectivity index is 1.73. The Morgan fingerprint density at radius 1 is 1.00 bits per heavy atom. The fraction of sp³-hybridized carbons (Fsp3) is 0.647. The van der Waals surface area contributed by atoms with Crippen LogP contribution in [0.2, 0.25) is 0 Å². The molecule has 0 saturated carbocycles. The van der Waals surface area contributed by atoms with Crippen molar-refractivity contribution in [1.29, 1.82) is 0 Å². The monoisotopic (exact) mass is 256 g/mol. The highest BCUT2D eigenvalue weighted by atomic mass is 15.4. The Labute approximate surface area is 116 Å². The van der Waals surface area contributed by atoms with Gasteiger partial charge in [0.25, 0.3) is 0 Å². The van der Waals surface area contributed by atoms with Crippen molar-refractivity contribution in [2.45, 2.75) is 33.4 Å². The average Bonchev–Trinajstić information content (AvgIpc) is 2.24. The van der Waals surface area contributed by atoms with Crippen molar-refractivity contribution in [3.05, 3.63) is 35.4 Å². The molecule has 0 amide bonds. The highest BCUT2D eigenvalue weighted by molar-refractivity contribution is 5.27. The smallest absolute Gasteiger partial charge is 0.0887 e. The van der Waals surface area contributed by atoms with Gasteiger partial charge in [0.2, 0.25) is 0 Å². The zero-order chi connectivity index (χ0) is 13.3. The molecule has 2 heteroatoms. The number of hydrogen-bond donors (Lipinski definition) is 0.